The number of nitrogens with two attached hydrogens (primary N) is 1. The van der Waals surface area contributed by atoms with E-state index in [1.165, 1.54) is 11.1 Å². The van der Waals surface area contributed by atoms with Gasteiger partial charge in [-0.1, -0.05) is 24.1 Å². The second kappa shape index (κ2) is 13.6. The third kappa shape index (κ3) is 6.44. The Hall–Kier alpha value is -3.86. The molecule has 7 rings (SSSR count). The molecule has 51 heavy (non-hydrogen) atoms. The molecule has 1 amide bonds. The number of ether oxygens (including phenoxy) is 1. The Morgan fingerprint density at radius 2 is 1.80 bits per heavy atom. The summed E-state index contributed by atoms with van der Waals surface area (Å²) in [7, 11) is 0. The van der Waals surface area contributed by atoms with Crippen molar-refractivity contribution in [2.24, 2.45) is 22.6 Å². The Morgan fingerprint density at radius 1 is 1.08 bits per heavy atom. The number of hydrogen-bond donors (Lipinski definition) is 3. The minimum Gasteiger partial charge on any atom is -0.417 e. The van der Waals surface area contributed by atoms with Gasteiger partial charge in [-0.3, -0.25) is 9.78 Å². The molecule has 3 aromatic heterocycles. The number of H-pyrrole nitrogens is 1. The number of amides is 1. The lowest BCUT2D eigenvalue weighted by Gasteiger charge is -2.29. The number of fused-ring (bicyclic) bond motifs is 3. The van der Waals surface area contributed by atoms with Gasteiger partial charge >= 0.3 is 12.1 Å². The molecule has 4 N–H and O–H groups in total. The minimum absolute atomic E-state index is 0.0379. The van der Waals surface area contributed by atoms with Crippen LogP contribution in [-0.2, 0) is 14.9 Å². The number of benzene rings is 1. The second-order valence-electron chi connectivity index (χ2n) is 16.2. The van der Waals surface area contributed by atoms with Gasteiger partial charge in [0, 0.05) is 52.9 Å². The summed E-state index contributed by atoms with van der Waals surface area (Å²) in [6.07, 6.45) is 5.99. The summed E-state index contributed by atoms with van der Waals surface area (Å²) in [5.74, 6) is 1.28. The number of ketones is 1. The van der Waals surface area contributed by atoms with E-state index in [9.17, 15) is 9.59 Å². The van der Waals surface area contributed by atoms with Crippen LogP contribution in [0, 0.1) is 25.7 Å². The summed E-state index contributed by atoms with van der Waals surface area (Å²) in [5, 5.41) is 4.71. The van der Waals surface area contributed by atoms with Gasteiger partial charge in [-0.05, 0) is 114 Å². The van der Waals surface area contributed by atoms with Crippen LogP contribution in [0.1, 0.15) is 92.8 Å². The van der Waals surface area contributed by atoms with E-state index in [1.54, 1.807) is 23.7 Å². The Balaban J connectivity index is 1.24. The average Bonchev–Trinajstić information content (AvgIpc) is 3.92. The molecular formula is C41H53N6O3S+. The molecule has 9 nitrogen and oxygen atoms in total. The van der Waals surface area contributed by atoms with E-state index in [1.807, 2.05) is 26.0 Å². The van der Waals surface area contributed by atoms with E-state index in [2.05, 4.69) is 74.2 Å². The summed E-state index contributed by atoms with van der Waals surface area (Å²) >= 11 is 1.70. The molecule has 5 heterocycles. The van der Waals surface area contributed by atoms with E-state index in [0.29, 0.717) is 43.3 Å². The van der Waals surface area contributed by atoms with E-state index >= 15 is 0 Å². The lowest BCUT2D eigenvalue weighted by atomic mass is 9.76. The molecule has 270 valence electrons. The molecule has 3 aliphatic rings. The predicted octanol–water partition coefficient (Wildman–Crippen LogP) is 7.72. The molecule has 4 aromatic rings. The van der Waals surface area contributed by atoms with Crippen molar-refractivity contribution < 1.29 is 18.8 Å². The number of quaternary nitrogens is 1. The number of aromatic nitrogens is 2. The molecule has 1 aromatic carbocycles. The van der Waals surface area contributed by atoms with Gasteiger partial charge in [-0.25, -0.2) is 4.99 Å². The lowest BCUT2D eigenvalue weighted by molar-refractivity contribution is -0.755. The molecule has 5 unspecified atom stereocenters. The Morgan fingerprint density at radius 3 is 2.43 bits per heavy atom. The smallest absolute Gasteiger partial charge is 0.417 e. The minimum atomic E-state index is -0.598. The number of aryl methyl sites for hydroxylation is 2. The highest BCUT2D eigenvalue weighted by molar-refractivity contribution is 7.19. The summed E-state index contributed by atoms with van der Waals surface area (Å²) in [6, 6.07) is 13.2. The first-order valence-corrected chi connectivity index (χ1v) is 19.4. The topological polar surface area (TPSA) is 122 Å². The number of rotatable bonds is 9. The van der Waals surface area contributed by atoms with Crippen molar-refractivity contribution in [3.05, 3.63) is 75.9 Å². The highest BCUT2D eigenvalue weighted by Crippen LogP contribution is 2.47. The van der Waals surface area contributed by atoms with E-state index < -0.39 is 5.41 Å². The number of Topliss-reactive ketones (excluding diaryl/α,β-unsaturated/α-hetero) is 1. The van der Waals surface area contributed by atoms with Crippen LogP contribution in [-0.4, -0.2) is 70.6 Å². The number of carbonyl (C=O) groups excluding carboxylic acids is 2. The van der Waals surface area contributed by atoms with Crippen molar-refractivity contribution in [3.8, 4) is 11.3 Å². The molecule has 0 radical (unpaired) electrons. The van der Waals surface area contributed by atoms with Gasteiger partial charge in [0.1, 0.15) is 23.3 Å². The fraction of sp³-hybridized carbons (Fsp3) is 0.512. The van der Waals surface area contributed by atoms with Gasteiger partial charge in [0.2, 0.25) is 0 Å². The molecule has 2 bridgehead atoms. The van der Waals surface area contributed by atoms with Crippen LogP contribution in [0.4, 0.5) is 4.79 Å². The van der Waals surface area contributed by atoms with Crippen molar-refractivity contribution in [2.75, 3.05) is 26.2 Å². The number of likely N-dealkylation sites (tertiary alicyclic amines) is 1. The maximum atomic E-state index is 14.2. The van der Waals surface area contributed by atoms with Crippen LogP contribution in [0.15, 0.2) is 53.8 Å². The average molecular weight is 710 g/mol. The van der Waals surface area contributed by atoms with Crippen molar-refractivity contribution in [1.29, 1.82) is 0 Å². The van der Waals surface area contributed by atoms with E-state index in [0.717, 1.165) is 63.3 Å². The number of aliphatic imine (C=N–C) groups is 1. The van der Waals surface area contributed by atoms with Gasteiger partial charge in [0.05, 0.1) is 24.2 Å². The standard InChI is InChI=1S/C41H53N6O3S/c1-23(2)50-40(49)47(15-12-29(22-47)27-10-13-43-14-11-27)39(42)45-20-26(5)34-31-19-33(41(6,7)37(48)35-28-8-9-32(35)44-21-28)51-38(31)46-36(34)30-17-24(3)16-25(4)18-30/h10-11,13-14,16-19,23,26,28-29,32,35,44,46H,8-9,12,15,20-22H2,1-7H3,(H2,42,45)/q+1/t26-,28?,29?,32?,35?,47?/m1/s1. The van der Waals surface area contributed by atoms with Crippen LogP contribution in [0.2, 0.25) is 0 Å². The third-order valence-corrected chi connectivity index (χ3v) is 13.1. The Bertz CT molecular complexity index is 1940. The van der Waals surface area contributed by atoms with Crippen molar-refractivity contribution in [2.45, 2.75) is 97.1 Å². The number of nitrogens with zero attached hydrogens (tertiary/aromatic N) is 3. The Kier molecular flexibility index (Phi) is 9.48. The highest BCUT2D eigenvalue weighted by Gasteiger charge is 2.52. The molecule has 0 spiro atoms. The number of thiophene rings is 1. The molecule has 2 saturated heterocycles. The first kappa shape index (κ1) is 35.5. The summed E-state index contributed by atoms with van der Waals surface area (Å²) < 4.78 is 5.70. The van der Waals surface area contributed by atoms with Crippen LogP contribution < -0.4 is 11.1 Å². The quantitative estimate of drug-likeness (QED) is 0.0930. The molecule has 3 fully saturated rings. The van der Waals surface area contributed by atoms with Crippen molar-refractivity contribution >= 4 is 39.4 Å². The molecular weight excluding hydrogens is 657 g/mol. The van der Waals surface area contributed by atoms with Crippen molar-refractivity contribution in [1.82, 2.24) is 15.3 Å². The first-order chi connectivity index (χ1) is 24.3. The van der Waals surface area contributed by atoms with E-state index in [4.69, 9.17) is 15.5 Å². The third-order valence-electron chi connectivity index (χ3n) is 11.7. The van der Waals surface area contributed by atoms with Crippen LogP contribution >= 0.6 is 11.3 Å². The Labute approximate surface area is 305 Å². The summed E-state index contributed by atoms with van der Waals surface area (Å²) in [5.41, 5.74) is 13.2. The number of aromatic amines is 1. The summed E-state index contributed by atoms with van der Waals surface area (Å²) in [4.78, 5) is 43.1. The van der Waals surface area contributed by atoms with Crippen LogP contribution in [0.25, 0.3) is 21.5 Å². The van der Waals surface area contributed by atoms with Gasteiger partial charge in [0.15, 0.2) is 0 Å². The number of piperidine rings is 1. The van der Waals surface area contributed by atoms with Crippen LogP contribution in [0.5, 0.6) is 0 Å². The zero-order chi connectivity index (χ0) is 36.2. The molecule has 1 aliphatic carbocycles. The van der Waals surface area contributed by atoms with Gasteiger partial charge < -0.3 is 20.8 Å². The van der Waals surface area contributed by atoms with E-state index in [-0.39, 0.29) is 34.4 Å². The zero-order valence-electron chi connectivity index (χ0n) is 31.1. The zero-order valence-corrected chi connectivity index (χ0v) is 31.9. The normalized spacial score (nSPS) is 25.6. The van der Waals surface area contributed by atoms with Gasteiger partial charge in [-0.15, -0.1) is 11.3 Å². The first-order valence-electron chi connectivity index (χ1n) is 18.6. The monoisotopic (exact) mass is 709 g/mol. The maximum Gasteiger partial charge on any atom is 0.524 e. The number of nitrogens with one attached hydrogen (secondary N) is 2. The maximum absolute atomic E-state index is 14.2. The molecule has 10 heteroatoms. The SMILES string of the molecule is Cc1cc(C)cc(-c2[nH]c3sc(C(C)(C)C(=O)C4C5CCC4NC5)cc3c2[C@H](C)CN=C(N)[N+]2(C(=O)OC(C)C)CCC(c3ccncc3)C2)c1. The number of carbonyl (C=O) groups is 2. The molecule has 6 atom stereocenters. The molecule has 2 aliphatic heterocycles. The van der Waals surface area contributed by atoms with Crippen LogP contribution in [0.3, 0.4) is 0 Å². The predicted molar refractivity (Wildman–Crippen MR) is 205 cm³/mol. The summed E-state index contributed by atoms with van der Waals surface area (Å²) in [6.45, 7) is 16.7. The number of hydrogen-bond acceptors (Lipinski definition) is 7. The fourth-order valence-corrected chi connectivity index (χ4v) is 10.2. The second-order valence-corrected chi connectivity index (χ2v) is 17.2. The highest BCUT2D eigenvalue weighted by atomic mass is 32.1. The number of pyridine rings is 1. The fourth-order valence-electron chi connectivity index (χ4n) is 9.01. The van der Waals surface area contributed by atoms with Crippen molar-refractivity contribution in [3.63, 3.8) is 0 Å². The largest absolute Gasteiger partial charge is 0.524 e. The van der Waals surface area contributed by atoms with Gasteiger partial charge in [-0.2, -0.15) is 9.28 Å². The lowest BCUT2D eigenvalue weighted by Crippen LogP contribution is -2.59. The molecule has 1 saturated carbocycles. The van der Waals surface area contributed by atoms with Gasteiger partial charge in [0.25, 0.3) is 0 Å². The number of guanidine groups is 1.